The molecule has 3 aromatic carbocycles. The Morgan fingerprint density at radius 2 is 1.82 bits per heavy atom. The first-order valence-electron chi connectivity index (χ1n) is 11.2. The van der Waals surface area contributed by atoms with E-state index < -0.39 is 22.0 Å². The molecule has 1 heterocycles. The molecule has 34 heavy (non-hydrogen) atoms. The van der Waals surface area contributed by atoms with Gasteiger partial charge in [-0.1, -0.05) is 43.3 Å². The highest BCUT2D eigenvalue weighted by Gasteiger charge is 2.37. The zero-order chi connectivity index (χ0) is 24.1. The number of hydrogen-bond acceptors (Lipinski definition) is 5. The maximum Gasteiger partial charge on any atom is 0.264 e. The summed E-state index contributed by atoms with van der Waals surface area (Å²) in [6, 6.07) is 21.3. The van der Waals surface area contributed by atoms with E-state index >= 15 is 0 Å². The summed E-state index contributed by atoms with van der Waals surface area (Å²) in [7, 11) is -3.88. The molecule has 8 heteroatoms. The van der Waals surface area contributed by atoms with Crippen LogP contribution in [0.3, 0.4) is 0 Å². The van der Waals surface area contributed by atoms with Crippen LogP contribution in [0.25, 0.3) is 0 Å². The SMILES string of the molecule is CCc1ccc(OCCNC(=O)[C@@H]2CN(S(=O)(=O)c3ccccc3)c3cc(C)ccc3O2)cc1. The maximum absolute atomic E-state index is 13.4. The van der Waals surface area contributed by atoms with Gasteiger partial charge in [0.05, 0.1) is 23.7 Å². The van der Waals surface area contributed by atoms with Gasteiger partial charge in [-0.3, -0.25) is 9.10 Å². The zero-order valence-electron chi connectivity index (χ0n) is 19.2. The molecule has 3 aromatic rings. The minimum absolute atomic E-state index is 0.126. The van der Waals surface area contributed by atoms with Crippen molar-refractivity contribution in [2.45, 2.75) is 31.3 Å². The second kappa shape index (κ2) is 10.2. The lowest BCUT2D eigenvalue weighted by atomic mass is 10.1. The van der Waals surface area contributed by atoms with Crippen molar-refractivity contribution >= 4 is 21.6 Å². The first-order chi connectivity index (χ1) is 16.4. The number of aryl methyl sites for hydroxylation is 2. The summed E-state index contributed by atoms with van der Waals surface area (Å²) >= 11 is 0. The third-order valence-electron chi connectivity index (χ3n) is 5.61. The van der Waals surface area contributed by atoms with E-state index in [1.165, 1.54) is 9.87 Å². The first-order valence-corrected chi connectivity index (χ1v) is 12.7. The van der Waals surface area contributed by atoms with Crippen molar-refractivity contribution in [2.24, 2.45) is 0 Å². The number of benzene rings is 3. The van der Waals surface area contributed by atoms with Gasteiger partial charge in [-0.05, 0) is 60.9 Å². The van der Waals surface area contributed by atoms with Crippen LogP contribution in [0.15, 0.2) is 77.7 Å². The van der Waals surface area contributed by atoms with Crippen LogP contribution >= 0.6 is 0 Å². The van der Waals surface area contributed by atoms with E-state index in [9.17, 15) is 13.2 Å². The zero-order valence-corrected chi connectivity index (χ0v) is 20.0. The van der Waals surface area contributed by atoms with Crippen LogP contribution in [0, 0.1) is 6.92 Å². The molecule has 0 saturated heterocycles. The summed E-state index contributed by atoms with van der Waals surface area (Å²) in [6.07, 6.45) is -0.0326. The molecular weight excluding hydrogens is 452 g/mol. The van der Waals surface area contributed by atoms with Crippen molar-refractivity contribution in [3.05, 3.63) is 83.9 Å². The second-order valence-corrected chi connectivity index (χ2v) is 9.93. The quantitative estimate of drug-likeness (QED) is 0.497. The molecule has 178 valence electrons. The standard InChI is InChI=1S/C26H28N2O5S/c1-3-20-10-12-21(13-11-20)32-16-15-27-26(29)25-18-28(23-17-19(2)9-14-24(23)33-25)34(30,31)22-7-5-4-6-8-22/h4-14,17,25H,3,15-16,18H2,1-2H3,(H,27,29)/t25-/m0/s1. The third-order valence-corrected chi connectivity index (χ3v) is 7.40. The fourth-order valence-corrected chi connectivity index (χ4v) is 5.21. The number of fused-ring (bicyclic) bond motifs is 1. The number of anilines is 1. The summed E-state index contributed by atoms with van der Waals surface area (Å²) in [5.74, 6) is 0.679. The number of amides is 1. The summed E-state index contributed by atoms with van der Waals surface area (Å²) in [6.45, 7) is 4.39. The van der Waals surface area contributed by atoms with Crippen molar-refractivity contribution < 1.29 is 22.7 Å². The smallest absolute Gasteiger partial charge is 0.264 e. The molecule has 0 spiro atoms. The van der Waals surface area contributed by atoms with Crippen LogP contribution in [-0.4, -0.2) is 40.1 Å². The fourth-order valence-electron chi connectivity index (χ4n) is 3.72. The molecule has 1 N–H and O–H groups in total. The van der Waals surface area contributed by atoms with Crippen LogP contribution in [0.5, 0.6) is 11.5 Å². The molecule has 0 radical (unpaired) electrons. The third kappa shape index (κ3) is 5.17. The molecule has 1 amide bonds. The van der Waals surface area contributed by atoms with E-state index in [0.29, 0.717) is 11.4 Å². The van der Waals surface area contributed by atoms with Gasteiger partial charge in [0.25, 0.3) is 15.9 Å². The molecule has 1 aliphatic rings. The van der Waals surface area contributed by atoms with Crippen LogP contribution in [0.4, 0.5) is 5.69 Å². The molecule has 4 rings (SSSR count). The van der Waals surface area contributed by atoms with E-state index in [1.807, 2.05) is 37.3 Å². The van der Waals surface area contributed by atoms with Crippen LogP contribution in [0.1, 0.15) is 18.1 Å². The topological polar surface area (TPSA) is 84.9 Å². The van der Waals surface area contributed by atoms with E-state index in [2.05, 4.69) is 12.2 Å². The van der Waals surface area contributed by atoms with E-state index in [1.54, 1.807) is 42.5 Å². The molecule has 0 saturated carbocycles. The molecule has 0 unspecified atom stereocenters. The monoisotopic (exact) mass is 480 g/mol. The van der Waals surface area contributed by atoms with Gasteiger partial charge in [-0.2, -0.15) is 0 Å². The fraction of sp³-hybridized carbons (Fsp3) is 0.269. The van der Waals surface area contributed by atoms with Crippen molar-refractivity contribution in [3.63, 3.8) is 0 Å². The molecule has 7 nitrogen and oxygen atoms in total. The summed E-state index contributed by atoms with van der Waals surface area (Å²) in [4.78, 5) is 13.0. The van der Waals surface area contributed by atoms with Gasteiger partial charge in [0, 0.05) is 0 Å². The van der Waals surface area contributed by atoms with Crippen molar-refractivity contribution in [3.8, 4) is 11.5 Å². The Morgan fingerprint density at radius 3 is 2.53 bits per heavy atom. The van der Waals surface area contributed by atoms with Gasteiger partial charge in [0.15, 0.2) is 6.10 Å². The number of nitrogens with zero attached hydrogens (tertiary/aromatic N) is 1. The highest BCUT2D eigenvalue weighted by molar-refractivity contribution is 7.92. The lowest BCUT2D eigenvalue weighted by Gasteiger charge is -2.35. The van der Waals surface area contributed by atoms with Gasteiger partial charge in [-0.15, -0.1) is 0 Å². The first kappa shape index (κ1) is 23.6. The Labute approximate surface area is 200 Å². The van der Waals surface area contributed by atoms with E-state index in [0.717, 1.165) is 17.7 Å². The highest BCUT2D eigenvalue weighted by atomic mass is 32.2. The Balaban J connectivity index is 1.45. The molecular formula is C26H28N2O5S. The van der Waals surface area contributed by atoms with Gasteiger partial charge in [0.2, 0.25) is 0 Å². The van der Waals surface area contributed by atoms with E-state index in [-0.39, 0.29) is 24.6 Å². The second-order valence-electron chi connectivity index (χ2n) is 8.06. The number of ether oxygens (including phenoxy) is 2. The van der Waals surface area contributed by atoms with Gasteiger partial charge in [0.1, 0.15) is 18.1 Å². The molecule has 0 bridgehead atoms. The Hall–Kier alpha value is -3.52. The van der Waals surface area contributed by atoms with Crippen molar-refractivity contribution in [2.75, 3.05) is 24.0 Å². The lowest BCUT2D eigenvalue weighted by Crippen LogP contribution is -2.51. The number of nitrogens with one attached hydrogen (secondary N) is 1. The average molecular weight is 481 g/mol. The number of carbonyl (C=O) groups excluding carboxylic acids is 1. The largest absolute Gasteiger partial charge is 0.492 e. The minimum atomic E-state index is -3.88. The Kier molecular flexibility index (Phi) is 7.07. The van der Waals surface area contributed by atoms with E-state index in [4.69, 9.17) is 9.47 Å². The Morgan fingerprint density at radius 1 is 1.09 bits per heavy atom. The molecule has 0 aliphatic carbocycles. The Bertz CT molecular complexity index is 1240. The predicted molar refractivity (Wildman–Crippen MR) is 131 cm³/mol. The maximum atomic E-state index is 13.4. The van der Waals surface area contributed by atoms with Crippen LogP contribution in [0.2, 0.25) is 0 Å². The summed E-state index contributed by atoms with van der Waals surface area (Å²) < 4.78 is 39.7. The highest BCUT2D eigenvalue weighted by Crippen LogP contribution is 2.37. The van der Waals surface area contributed by atoms with Crippen molar-refractivity contribution in [1.29, 1.82) is 0 Å². The summed E-state index contributed by atoms with van der Waals surface area (Å²) in [5.41, 5.74) is 2.54. The average Bonchev–Trinajstić information content (AvgIpc) is 2.86. The summed E-state index contributed by atoms with van der Waals surface area (Å²) in [5, 5.41) is 2.79. The van der Waals surface area contributed by atoms with Gasteiger partial charge >= 0.3 is 0 Å². The number of sulfonamides is 1. The van der Waals surface area contributed by atoms with Crippen LogP contribution in [-0.2, 0) is 21.2 Å². The van der Waals surface area contributed by atoms with Gasteiger partial charge < -0.3 is 14.8 Å². The molecule has 1 atom stereocenters. The van der Waals surface area contributed by atoms with Gasteiger partial charge in [-0.25, -0.2) is 8.42 Å². The number of hydrogen-bond donors (Lipinski definition) is 1. The number of rotatable bonds is 8. The predicted octanol–water partition coefficient (Wildman–Crippen LogP) is 3.71. The molecule has 0 aromatic heterocycles. The lowest BCUT2D eigenvalue weighted by molar-refractivity contribution is -0.127. The van der Waals surface area contributed by atoms with Crippen LogP contribution < -0.4 is 19.1 Å². The van der Waals surface area contributed by atoms with Crippen molar-refractivity contribution in [1.82, 2.24) is 5.32 Å². The number of carbonyl (C=O) groups is 1. The molecule has 1 aliphatic heterocycles. The molecule has 0 fully saturated rings. The minimum Gasteiger partial charge on any atom is -0.492 e. The normalized spacial score (nSPS) is 15.2.